The van der Waals surface area contributed by atoms with Crippen LogP contribution in [0.3, 0.4) is 0 Å². The number of rotatable bonds is 52. The lowest BCUT2D eigenvalue weighted by molar-refractivity contribution is -0.144. The van der Waals surface area contributed by atoms with E-state index in [0.29, 0.717) is 22.6 Å². The van der Waals surface area contributed by atoms with Crippen LogP contribution in [-0.4, -0.2) is 284 Å². The Kier molecular flexibility index (Phi) is 42.4. The van der Waals surface area contributed by atoms with Crippen molar-refractivity contribution in [3.63, 3.8) is 0 Å². The number of hydrogen-bond donors (Lipinski definition) is 26. The number of amides is 14. The molecule has 0 unspecified atom stereocenters. The first-order chi connectivity index (χ1) is 56.0. The van der Waals surface area contributed by atoms with E-state index in [1.807, 2.05) is 0 Å². The number of aromatic hydroxyl groups is 1. The fourth-order valence-electron chi connectivity index (χ4n) is 12.0. The Morgan fingerprint density at radius 2 is 1.00 bits per heavy atom. The number of likely N-dealkylation sites (tertiary alicyclic amines) is 1. The summed E-state index contributed by atoms with van der Waals surface area (Å²) < 4.78 is 0. The number of carbonyl (C=O) groups is 16. The average molecular weight is 1680 g/mol. The molecule has 0 radical (unpaired) electrons. The van der Waals surface area contributed by atoms with Gasteiger partial charge >= 0.3 is 11.9 Å². The van der Waals surface area contributed by atoms with Crippen LogP contribution in [0.15, 0.2) is 67.1 Å². The summed E-state index contributed by atoms with van der Waals surface area (Å²) in [6.07, 6.45) is 2.16. The number of nitrogens with two attached hydrogens (primary N) is 3. The van der Waals surface area contributed by atoms with Crippen LogP contribution in [0.4, 0.5) is 0 Å². The molecule has 44 nitrogen and oxygen atoms in total. The summed E-state index contributed by atoms with van der Waals surface area (Å²) >= 11 is 1.31. The third-order valence-corrected chi connectivity index (χ3v) is 18.8. The average Bonchev–Trinajstić information content (AvgIpc) is 1.58. The molecule has 0 saturated carbocycles. The van der Waals surface area contributed by atoms with E-state index in [0.717, 1.165) is 4.90 Å². The van der Waals surface area contributed by atoms with Crippen molar-refractivity contribution in [3.05, 3.63) is 83.9 Å². The lowest BCUT2D eigenvalue weighted by Crippen LogP contribution is -2.62. The third-order valence-electron chi connectivity index (χ3n) is 18.1. The minimum absolute atomic E-state index is 0.00254. The van der Waals surface area contributed by atoms with Gasteiger partial charge in [-0.2, -0.15) is 11.8 Å². The van der Waals surface area contributed by atoms with Crippen molar-refractivity contribution in [2.45, 2.75) is 177 Å². The molecule has 12 atom stereocenters. The number of H-pyrrole nitrogens is 1. The van der Waals surface area contributed by atoms with Crippen LogP contribution in [0.5, 0.6) is 5.75 Å². The van der Waals surface area contributed by atoms with Crippen molar-refractivity contribution >= 4 is 118 Å². The zero-order valence-electron chi connectivity index (χ0n) is 66.1. The van der Waals surface area contributed by atoms with Gasteiger partial charge in [0.2, 0.25) is 82.7 Å². The van der Waals surface area contributed by atoms with Crippen molar-refractivity contribution in [1.29, 1.82) is 10.8 Å². The number of phenolic OH excluding ortho intramolecular Hbond substituents is 1. The second-order valence-corrected chi connectivity index (χ2v) is 29.3. The Morgan fingerprint density at radius 3 is 1.50 bits per heavy atom. The van der Waals surface area contributed by atoms with E-state index in [1.165, 1.54) is 62.4 Å². The summed E-state index contributed by atoms with van der Waals surface area (Å²) in [6, 6.07) is -5.02. The summed E-state index contributed by atoms with van der Waals surface area (Å²) in [7, 11) is 0. The zero-order valence-corrected chi connectivity index (χ0v) is 66.9. The molecule has 1 aliphatic heterocycles. The van der Waals surface area contributed by atoms with E-state index in [-0.39, 0.29) is 96.0 Å². The predicted molar refractivity (Wildman–Crippen MR) is 425 cm³/mol. The number of phenols is 1. The van der Waals surface area contributed by atoms with E-state index in [1.54, 1.807) is 50.4 Å². The van der Waals surface area contributed by atoms with Crippen LogP contribution in [0.1, 0.15) is 102 Å². The van der Waals surface area contributed by atoms with Crippen molar-refractivity contribution in [3.8, 4) is 5.75 Å². The molecule has 4 rings (SSSR count). The number of carboxylic acids is 2. The number of imidazole rings is 1. The van der Waals surface area contributed by atoms with Crippen LogP contribution < -0.4 is 97.0 Å². The Bertz CT molecular complexity index is 3920. The minimum atomic E-state index is -1.98. The van der Waals surface area contributed by atoms with E-state index in [2.05, 4.69) is 89.7 Å². The van der Waals surface area contributed by atoms with Gasteiger partial charge in [0, 0.05) is 50.8 Å². The van der Waals surface area contributed by atoms with Gasteiger partial charge in [0.15, 0.2) is 11.9 Å². The maximum absolute atomic E-state index is 14.8. The number of aliphatic hydroxyl groups excluding tert-OH is 2. The Hall–Kier alpha value is -12.3. The SMILES string of the molecule is CSCC[C@H](NC(=O)[C@H](CO)NC(=O)CN)C(=O)N[C@@H](Cc1ccccc1)C(=O)N[C@@H](CCCNC(=N)N)C(=O)N[C@@H](CO)C(=O)N[C@@H](CC(C)C)C(=O)N[C@@H](CC(=O)O)C(=O)N[C@H](C(=O)N1CCC[C@H]1C(=O)N[C@@H](CCCNC(=N)N)C(=O)N[C@@H](Cc1cnc[nH]1)C(=O)N[C@@H](Cc1ccc(O)cc1)C(=O)NCC(=O)NCC(=O)O)C(C)C. The molecule has 1 fully saturated rings. The number of benzene rings is 2. The number of aliphatic hydroxyl groups is 2. The monoisotopic (exact) mass is 1680 g/mol. The normalized spacial score (nSPS) is 15.1. The van der Waals surface area contributed by atoms with Gasteiger partial charge < -0.3 is 132 Å². The largest absolute Gasteiger partial charge is 0.508 e. The van der Waals surface area contributed by atoms with Crippen molar-refractivity contribution in [2.75, 3.05) is 64.5 Å². The second kappa shape index (κ2) is 51.0. The number of nitrogens with zero attached hydrogens (tertiary/aromatic N) is 2. The van der Waals surface area contributed by atoms with E-state index in [4.69, 9.17) is 33.1 Å². The van der Waals surface area contributed by atoms with Gasteiger partial charge in [-0.15, -0.1) is 0 Å². The van der Waals surface area contributed by atoms with E-state index >= 15 is 0 Å². The first-order valence-corrected chi connectivity index (χ1v) is 39.3. The van der Waals surface area contributed by atoms with Crippen molar-refractivity contribution < 1.29 is 102 Å². The highest BCUT2D eigenvalue weighted by Gasteiger charge is 2.43. The van der Waals surface area contributed by atoms with Crippen molar-refractivity contribution in [1.82, 2.24) is 94.6 Å². The standard InChI is InChI=1S/C73H111N23O21S/c1-38(2)26-47(89-69(115)53(36-98)94-62(108)44(14-9-22-80-72(75)76)86-65(111)49(27-40-12-7-6-8-13-40)91-63(109)46(21-25-118-5)87-68(114)52(35-97)85-55(100)31-74)64(110)93-51(30-57(102)103)67(113)95-59(39(3)4)71(117)96-24-11-16-54(96)70(116)88-45(15-10-23-81-73(77)78)61(107)92-50(29-42-32-79-37-84-42)66(112)90-48(28-41-17-19-43(99)20-18-41)60(106)83-33-56(101)82-34-58(104)105/h6-8,12-13,17-20,32,37-39,44-54,59,97-99H,9-11,14-16,21-31,33-36,74H2,1-5H3,(H,79,84)(H,82,101)(H,83,106)(H,85,100)(H,86,111)(H,87,114)(H,88,116)(H,89,115)(H,90,112)(H,91,109)(H,92,107)(H,93,110)(H,94,108)(H,95,113)(H,102,103)(H,104,105)(H4,75,76,80)(H4,77,78,81)/t44-,45-,46-,47-,48-,49-,50-,51-,52-,53-,54-,59-/m0/s1. The number of carboxylic acid groups (broad SMARTS) is 2. The molecule has 0 aliphatic carbocycles. The number of aromatic nitrogens is 2. The molecule has 650 valence electrons. The highest BCUT2D eigenvalue weighted by atomic mass is 32.2. The maximum atomic E-state index is 14.8. The van der Waals surface area contributed by atoms with Gasteiger partial charge in [-0.25, -0.2) is 4.98 Å². The van der Waals surface area contributed by atoms with Crippen LogP contribution in [0, 0.1) is 22.7 Å². The first-order valence-electron chi connectivity index (χ1n) is 37.9. The van der Waals surface area contributed by atoms with Gasteiger partial charge in [-0.1, -0.05) is 70.2 Å². The molecule has 14 amide bonds. The fraction of sp³-hybridized carbons (Fsp3) is 0.548. The Labute approximate surface area is 683 Å². The molecule has 45 heteroatoms. The summed E-state index contributed by atoms with van der Waals surface area (Å²) in [5.41, 5.74) is 17.6. The first kappa shape index (κ1) is 98.1. The smallest absolute Gasteiger partial charge is 0.322 e. The number of hydrogen-bond acceptors (Lipinski definition) is 24. The van der Waals surface area contributed by atoms with E-state index < -0.39 is 230 Å². The number of nitrogens with one attached hydrogen (secondary N) is 18. The second-order valence-electron chi connectivity index (χ2n) is 28.4. The predicted octanol–water partition coefficient (Wildman–Crippen LogP) is -7.82. The lowest BCUT2D eigenvalue weighted by Gasteiger charge is -2.32. The molecule has 1 aliphatic rings. The Morgan fingerprint density at radius 1 is 0.534 bits per heavy atom. The number of thioether (sulfide) groups is 1. The minimum Gasteiger partial charge on any atom is -0.508 e. The molecular weight excluding hydrogens is 1570 g/mol. The molecule has 118 heavy (non-hydrogen) atoms. The van der Waals surface area contributed by atoms with Crippen LogP contribution in [0.25, 0.3) is 0 Å². The third kappa shape index (κ3) is 35.1. The summed E-state index contributed by atoms with van der Waals surface area (Å²) in [6.45, 7) is 2.24. The van der Waals surface area contributed by atoms with Crippen LogP contribution in [-0.2, 0) is 96.0 Å². The van der Waals surface area contributed by atoms with Gasteiger partial charge in [-0.3, -0.25) is 87.5 Å². The highest BCUT2D eigenvalue weighted by molar-refractivity contribution is 7.98. The fourth-order valence-corrected chi connectivity index (χ4v) is 12.5. The lowest BCUT2D eigenvalue weighted by atomic mass is 10.00. The molecule has 1 saturated heterocycles. The quantitative estimate of drug-likeness (QED) is 0.0142. The molecule has 2 heterocycles. The molecular formula is C73H111N23O21S. The summed E-state index contributed by atoms with van der Waals surface area (Å²) in [5, 5.41) is 102. The van der Waals surface area contributed by atoms with Gasteiger partial charge in [0.1, 0.15) is 84.8 Å². The zero-order chi connectivity index (χ0) is 87.7. The van der Waals surface area contributed by atoms with Gasteiger partial charge in [0.05, 0.1) is 39.1 Å². The summed E-state index contributed by atoms with van der Waals surface area (Å²) in [4.78, 5) is 228. The van der Waals surface area contributed by atoms with Crippen molar-refractivity contribution in [2.24, 2.45) is 29.0 Å². The number of carbonyl (C=O) groups excluding carboxylic acids is 14. The van der Waals surface area contributed by atoms with Crippen LogP contribution in [0.2, 0.25) is 0 Å². The number of guanidine groups is 2. The summed E-state index contributed by atoms with van der Waals surface area (Å²) in [5.74, 6) is -18.6. The highest BCUT2D eigenvalue weighted by Crippen LogP contribution is 2.22. The molecule has 0 bridgehead atoms. The maximum Gasteiger partial charge on any atom is 0.322 e. The topological polar surface area (TPSA) is 712 Å². The molecule has 1 aromatic heterocycles. The molecule has 2 aromatic carbocycles. The van der Waals surface area contributed by atoms with Gasteiger partial charge in [0.25, 0.3) is 0 Å². The van der Waals surface area contributed by atoms with E-state index in [9.17, 15) is 97.1 Å². The Balaban J connectivity index is 1.58. The molecule has 29 N–H and O–H groups in total. The van der Waals surface area contributed by atoms with Crippen LogP contribution >= 0.6 is 11.8 Å². The number of aliphatic carboxylic acids is 2. The molecule has 3 aromatic rings. The molecule has 0 spiro atoms. The number of aromatic amines is 1. The van der Waals surface area contributed by atoms with Gasteiger partial charge in [-0.05, 0) is 98.5 Å².